The summed E-state index contributed by atoms with van der Waals surface area (Å²) < 4.78 is 33.0. The van der Waals surface area contributed by atoms with Crippen molar-refractivity contribution >= 4 is 27.3 Å². The fourth-order valence-corrected chi connectivity index (χ4v) is 5.38. The number of nitrogens with one attached hydrogen (secondary N) is 1. The predicted molar refractivity (Wildman–Crippen MR) is 105 cm³/mol. The second-order valence-corrected chi connectivity index (χ2v) is 9.76. The third kappa shape index (κ3) is 5.38. The number of nitrogens with zero attached hydrogens (tertiary/aromatic N) is 1. The van der Waals surface area contributed by atoms with Crippen molar-refractivity contribution < 1.29 is 17.9 Å². The maximum Gasteiger partial charge on any atom is 0.250 e. The van der Waals surface area contributed by atoms with Crippen LogP contribution in [0.15, 0.2) is 46.7 Å². The summed E-state index contributed by atoms with van der Waals surface area (Å²) in [6, 6.07) is 13.3. The van der Waals surface area contributed by atoms with Crippen LogP contribution >= 0.6 is 11.3 Å². The number of hydrogen-bond donors (Lipinski definition) is 1. The topological polar surface area (TPSA) is 75.7 Å². The van der Waals surface area contributed by atoms with Crippen molar-refractivity contribution in [1.29, 1.82) is 0 Å². The monoisotopic (exact) mass is 408 g/mol. The molecule has 3 rings (SSSR count). The minimum atomic E-state index is -3.48. The van der Waals surface area contributed by atoms with Gasteiger partial charge in [-0.25, -0.2) is 13.1 Å². The summed E-state index contributed by atoms with van der Waals surface area (Å²) in [5.74, 6) is 0.0328. The Labute approximate surface area is 164 Å². The highest BCUT2D eigenvalue weighted by molar-refractivity contribution is 7.91. The van der Waals surface area contributed by atoms with E-state index in [1.165, 1.54) is 11.3 Å². The van der Waals surface area contributed by atoms with E-state index in [2.05, 4.69) is 4.72 Å². The number of carbonyl (C=O) groups excluding carboxylic acids is 1. The Morgan fingerprint density at radius 1 is 1.26 bits per heavy atom. The fraction of sp³-hybridized carbons (Fsp3) is 0.421. The molecule has 0 bridgehead atoms. The van der Waals surface area contributed by atoms with E-state index in [1.54, 1.807) is 17.0 Å². The van der Waals surface area contributed by atoms with Gasteiger partial charge in [0, 0.05) is 24.4 Å². The molecular formula is C19H24N2O4S2. The molecule has 6 nitrogen and oxygen atoms in total. The Kier molecular flexibility index (Phi) is 6.64. The molecule has 1 amide bonds. The summed E-state index contributed by atoms with van der Waals surface area (Å²) in [6.45, 7) is 3.73. The van der Waals surface area contributed by atoms with E-state index in [4.69, 9.17) is 4.74 Å². The SMILES string of the molecule is Cc1ccc(S(=O)(=O)NCCCC(=O)N2CCOC(c3ccccc3)C2)s1. The summed E-state index contributed by atoms with van der Waals surface area (Å²) in [5, 5.41) is 0. The van der Waals surface area contributed by atoms with Crippen LogP contribution in [0.3, 0.4) is 0 Å². The molecule has 1 unspecified atom stereocenters. The van der Waals surface area contributed by atoms with E-state index in [0.29, 0.717) is 36.7 Å². The van der Waals surface area contributed by atoms with Crippen LogP contribution in [0.2, 0.25) is 0 Å². The number of sulfonamides is 1. The number of ether oxygens (including phenoxy) is 1. The van der Waals surface area contributed by atoms with Gasteiger partial charge in [-0.15, -0.1) is 11.3 Å². The van der Waals surface area contributed by atoms with Crippen molar-refractivity contribution in [2.75, 3.05) is 26.2 Å². The van der Waals surface area contributed by atoms with Crippen LogP contribution in [0.1, 0.15) is 29.4 Å². The number of amides is 1. The maximum absolute atomic E-state index is 12.5. The first kappa shape index (κ1) is 20.0. The Bertz CT molecular complexity index is 865. The van der Waals surface area contributed by atoms with Crippen molar-refractivity contribution in [3.63, 3.8) is 0 Å². The molecule has 1 aliphatic heterocycles. The second-order valence-electron chi connectivity index (χ2n) is 6.48. The summed E-state index contributed by atoms with van der Waals surface area (Å²) in [4.78, 5) is 15.2. The number of morpholine rings is 1. The zero-order valence-electron chi connectivity index (χ0n) is 15.3. The van der Waals surface area contributed by atoms with E-state index >= 15 is 0 Å². The number of benzene rings is 1. The van der Waals surface area contributed by atoms with Crippen LogP contribution in [-0.2, 0) is 19.6 Å². The minimum absolute atomic E-state index is 0.0328. The van der Waals surface area contributed by atoms with E-state index in [-0.39, 0.29) is 18.6 Å². The molecule has 0 aliphatic carbocycles. The lowest BCUT2D eigenvalue weighted by Gasteiger charge is -2.33. The van der Waals surface area contributed by atoms with Crippen molar-refractivity contribution in [2.24, 2.45) is 0 Å². The van der Waals surface area contributed by atoms with Crippen LogP contribution in [0.5, 0.6) is 0 Å². The molecule has 0 saturated carbocycles. The first-order valence-electron chi connectivity index (χ1n) is 8.96. The number of carbonyl (C=O) groups is 1. The molecule has 1 N–H and O–H groups in total. The quantitative estimate of drug-likeness (QED) is 0.715. The first-order chi connectivity index (χ1) is 13.0. The van der Waals surface area contributed by atoms with Gasteiger partial charge in [-0.2, -0.15) is 0 Å². The summed E-state index contributed by atoms with van der Waals surface area (Å²) in [7, 11) is -3.48. The number of rotatable bonds is 7. The summed E-state index contributed by atoms with van der Waals surface area (Å²) in [6.07, 6.45) is 0.674. The molecule has 0 radical (unpaired) electrons. The minimum Gasteiger partial charge on any atom is -0.370 e. The van der Waals surface area contributed by atoms with Gasteiger partial charge in [0.25, 0.3) is 0 Å². The normalized spacial score (nSPS) is 17.8. The summed E-state index contributed by atoms with van der Waals surface area (Å²) >= 11 is 1.24. The van der Waals surface area contributed by atoms with Gasteiger partial charge in [0.15, 0.2) is 0 Å². The van der Waals surface area contributed by atoms with Gasteiger partial charge in [-0.3, -0.25) is 4.79 Å². The van der Waals surface area contributed by atoms with Crippen LogP contribution in [0, 0.1) is 6.92 Å². The molecule has 2 aromatic rings. The molecule has 146 valence electrons. The van der Waals surface area contributed by atoms with E-state index in [9.17, 15) is 13.2 Å². The molecule has 8 heteroatoms. The molecule has 2 heterocycles. The molecule has 27 heavy (non-hydrogen) atoms. The third-order valence-electron chi connectivity index (χ3n) is 4.43. The Hall–Kier alpha value is -1.74. The second kappa shape index (κ2) is 8.97. The molecule has 1 aliphatic rings. The number of hydrogen-bond acceptors (Lipinski definition) is 5. The molecular weight excluding hydrogens is 384 g/mol. The smallest absolute Gasteiger partial charge is 0.250 e. The van der Waals surface area contributed by atoms with Crippen molar-refractivity contribution in [1.82, 2.24) is 9.62 Å². The van der Waals surface area contributed by atoms with Crippen molar-refractivity contribution in [3.8, 4) is 0 Å². The Balaban J connectivity index is 1.45. The standard InChI is InChI=1S/C19H24N2O4S2/c1-15-9-10-19(26-15)27(23,24)20-11-5-8-18(22)21-12-13-25-17(14-21)16-6-3-2-4-7-16/h2-4,6-7,9-10,17,20H,5,8,11-14H2,1H3. The lowest BCUT2D eigenvalue weighted by atomic mass is 10.1. The molecule has 0 spiro atoms. The molecule has 1 fully saturated rings. The molecule has 1 saturated heterocycles. The van der Waals surface area contributed by atoms with Crippen molar-refractivity contribution in [3.05, 3.63) is 52.9 Å². The molecule has 1 atom stereocenters. The molecule has 1 aromatic carbocycles. The van der Waals surface area contributed by atoms with Crippen LogP contribution in [0.4, 0.5) is 0 Å². The van der Waals surface area contributed by atoms with Crippen LogP contribution in [0.25, 0.3) is 0 Å². The number of aryl methyl sites for hydroxylation is 1. The van der Waals surface area contributed by atoms with Crippen LogP contribution in [-0.4, -0.2) is 45.5 Å². The Morgan fingerprint density at radius 2 is 2.04 bits per heavy atom. The summed E-state index contributed by atoms with van der Waals surface area (Å²) in [5.41, 5.74) is 1.06. The van der Waals surface area contributed by atoms with E-state index in [1.807, 2.05) is 37.3 Å². The highest BCUT2D eigenvalue weighted by Gasteiger charge is 2.25. The van der Waals surface area contributed by atoms with E-state index < -0.39 is 10.0 Å². The lowest BCUT2D eigenvalue weighted by molar-refractivity contribution is -0.139. The zero-order chi connectivity index (χ0) is 19.3. The average Bonchev–Trinajstić information content (AvgIpc) is 3.13. The maximum atomic E-state index is 12.5. The predicted octanol–water partition coefficient (Wildman–Crippen LogP) is 2.72. The lowest BCUT2D eigenvalue weighted by Crippen LogP contribution is -2.42. The average molecular weight is 409 g/mol. The van der Waals surface area contributed by atoms with Gasteiger partial charge in [0.2, 0.25) is 15.9 Å². The van der Waals surface area contributed by atoms with Gasteiger partial charge < -0.3 is 9.64 Å². The highest BCUT2D eigenvalue weighted by Crippen LogP contribution is 2.23. The van der Waals surface area contributed by atoms with Gasteiger partial charge in [-0.05, 0) is 31.0 Å². The van der Waals surface area contributed by atoms with Gasteiger partial charge >= 0.3 is 0 Å². The zero-order valence-corrected chi connectivity index (χ0v) is 16.9. The van der Waals surface area contributed by atoms with Crippen LogP contribution < -0.4 is 4.72 Å². The first-order valence-corrected chi connectivity index (χ1v) is 11.3. The van der Waals surface area contributed by atoms with E-state index in [0.717, 1.165) is 10.4 Å². The van der Waals surface area contributed by atoms with Gasteiger partial charge in [0.1, 0.15) is 10.3 Å². The van der Waals surface area contributed by atoms with Crippen molar-refractivity contribution in [2.45, 2.75) is 30.1 Å². The van der Waals surface area contributed by atoms with Gasteiger partial charge in [0.05, 0.1) is 13.2 Å². The third-order valence-corrected chi connectivity index (χ3v) is 7.38. The molecule has 1 aromatic heterocycles. The largest absolute Gasteiger partial charge is 0.370 e. The fourth-order valence-electron chi connectivity index (χ4n) is 2.98. The highest BCUT2D eigenvalue weighted by atomic mass is 32.2. The van der Waals surface area contributed by atoms with Gasteiger partial charge in [-0.1, -0.05) is 30.3 Å². The Morgan fingerprint density at radius 3 is 2.74 bits per heavy atom. The number of thiophene rings is 1.